The molecule has 0 saturated carbocycles. The van der Waals surface area contributed by atoms with Gasteiger partial charge >= 0.3 is 0 Å². The number of nitrogens with one attached hydrogen (secondary N) is 1. The molecule has 0 spiro atoms. The number of carbonyl (C=O) groups excluding carboxylic acids is 2. The monoisotopic (exact) mass is 429 g/mol. The number of halogens is 1. The summed E-state index contributed by atoms with van der Waals surface area (Å²) in [6, 6.07) is 17.2. The van der Waals surface area contributed by atoms with Crippen molar-refractivity contribution < 1.29 is 9.59 Å². The maximum atomic E-state index is 13.0. The van der Waals surface area contributed by atoms with Gasteiger partial charge in [0.05, 0.1) is 0 Å². The average Bonchev–Trinajstić information content (AvgIpc) is 3.16. The first kappa shape index (κ1) is 23.9. The van der Waals surface area contributed by atoms with Crippen LogP contribution in [0.25, 0.3) is 0 Å². The molecule has 0 aliphatic carbocycles. The number of nitrogens with two attached hydrogens (primary N) is 1. The second-order valence-corrected chi connectivity index (χ2v) is 9.04. The molecule has 1 aliphatic heterocycles. The third-order valence-electron chi connectivity index (χ3n) is 5.43. The van der Waals surface area contributed by atoms with Crippen LogP contribution < -0.4 is 11.1 Å². The highest BCUT2D eigenvalue weighted by Crippen LogP contribution is 2.32. The van der Waals surface area contributed by atoms with Crippen molar-refractivity contribution in [1.29, 1.82) is 0 Å². The number of carbonyl (C=O) groups is 2. The van der Waals surface area contributed by atoms with E-state index >= 15 is 0 Å². The van der Waals surface area contributed by atoms with Crippen molar-refractivity contribution in [3.05, 3.63) is 71.3 Å². The minimum absolute atomic E-state index is 0. The van der Waals surface area contributed by atoms with E-state index in [-0.39, 0.29) is 41.5 Å². The van der Waals surface area contributed by atoms with Crippen LogP contribution in [0, 0.1) is 11.3 Å². The average molecular weight is 430 g/mol. The smallest absolute Gasteiger partial charge is 0.253 e. The lowest BCUT2D eigenvalue weighted by Gasteiger charge is -2.19. The first-order valence-corrected chi connectivity index (χ1v) is 10.2. The molecule has 162 valence electrons. The van der Waals surface area contributed by atoms with E-state index in [0.29, 0.717) is 37.3 Å². The Morgan fingerprint density at radius 1 is 1.00 bits per heavy atom. The Bertz CT molecular complexity index is 847. The van der Waals surface area contributed by atoms with E-state index in [4.69, 9.17) is 5.73 Å². The number of amides is 2. The van der Waals surface area contributed by atoms with Gasteiger partial charge in [-0.05, 0) is 47.7 Å². The van der Waals surface area contributed by atoms with E-state index in [1.165, 1.54) is 5.56 Å². The first-order chi connectivity index (χ1) is 13.8. The third-order valence-corrected chi connectivity index (χ3v) is 5.43. The summed E-state index contributed by atoms with van der Waals surface area (Å²) in [6.45, 7) is 8.69. The Labute approximate surface area is 185 Å². The standard InChI is InChI=1S/C24H31N3O2.ClH/c1-24(2,3)16-26-22(28)18-9-11-19(12-10-18)23(29)27-14-20(13-25)21(15-27)17-7-5-4-6-8-17;/h4-12,20-21H,13-16,25H2,1-3H3,(H,26,28);1H/t20-,21+;/m1./s1. The molecule has 1 aliphatic rings. The molecule has 0 aromatic heterocycles. The number of benzene rings is 2. The Balaban J connectivity index is 0.00000320. The molecule has 1 heterocycles. The van der Waals surface area contributed by atoms with E-state index in [9.17, 15) is 9.59 Å². The Kier molecular flexibility index (Phi) is 8.04. The van der Waals surface area contributed by atoms with Gasteiger partial charge in [0, 0.05) is 36.7 Å². The van der Waals surface area contributed by atoms with Crippen molar-refractivity contribution in [3.8, 4) is 0 Å². The Morgan fingerprint density at radius 3 is 2.17 bits per heavy atom. The van der Waals surface area contributed by atoms with E-state index in [2.05, 4.69) is 38.2 Å². The molecule has 1 saturated heterocycles. The van der Waals surface area contributed by atoms with Crippen LogP contribution in [0.1, 0.15) is 53.0 Å². The van der Waals surface area contributed by atoms with E-state index < -0.39 is 0 Å². The largest absolute Gasteiger partial charge is 0.352 e. The van der Waals surface area contributed by atoms with E-state index in [1.54, 1.807) is 24.3 Å². The van der Waals surface area contributed by atoms with Gasteiger partial charge in [0.15, 0.2) is 0 Å². The molecule has 30 heavy (non-hydrogen) atoms. The fraction of sp³-hybridized carbons (Fsp3) is 0.417. The van der Waals surface area contributed by atoms with Gasteiger partial charge in [-0.25, -0.2) is 0 Å². The summed E-state index contributed by atoms with van der Waals surface area (Å²) < 4.78 is 0. The zero-order chi connectivity index (χ0) is 21.0. The van der Waals surface area contributed by atoms with Crippen LogP contribution in [0.15, 0.2) is 54.6 Å². The minimum atomic E-state index is -0.118. The van der Waals surface area contributed by atoms with Crippen LogP contribution in [-0.4, -0.2) is 42.9 Å². The molecule has 2 aromatic carbocycles. The molecule has 0 radical (unpaired) electrons. The van der Waals surface area contributed by atoms with Gasteiger partial charge in [0.2, 0.25) is 0 Å². The number of rotatable bonds is 5. The summed E-state index contributed by atoms with van der Waals surface area (Å²) in [5.41, 5.74) is 8.41. The molecule has 5 nitrogen and oxygen atoms in total. The van der Waals surface area contributed by atoms with Crippen LogP contribution in [0.4, 0.5) is 0 Å². The number of nitrogens with zero attached hydrogens (tertiary/aromatic N) is 1. The highest BCUT2D eigenvalue weighted by atomic mass is 35.5. The number of likely N-dealkylation sites (tertiary alicyclic amines) is 1. The number of hydrogen-bond acceptors (Lipinski definition) is 3. The zero-order valence-corrected chi connectivity index (χ0v) is 18.7. The zero-order valence-electron chi connectivity index (χ0n) is 17.9. The van der Waals surface area contributed by atoms with Crippen LogP contribution in [-0.2, 0) is 0 Å². The van der Waals surface area contributed by atoms with Crippen molar-refractivity contribution in [1.82, 2.24) is 10.2 Å². The molecule has 2 aromatic rings. The van der Waals surface area contributed by atoms with Gasteiger partial charge in [-0.2, -0.15) is 0 Å². The Morgan fingerprint density at radius 2 is 1.60 bits per heavy atom. The normalized spacial score (nSPS) is 18.6. The fourth-order valence-corrected chi connectivity index (χ4v) is 3.75. The summed E-state index contributed by atoms with van der Waals surface area (Å²) in [4.78, 5) is 27.2. The van der Waals surface area contributed by atoms with Crippen molar-refractivity contribution in [3.63, 3.8) is 0 Å². The molecule has 6 heteroatoms. The maximum Gasteiger partial charge on any atom is 0.253 e. The van der Waals surface area contributed by atoms with Crippen molar-refractivity contribution in [2.75, 3.05) is 26.2 Å². The topological polar surface area (TPSA) is 75.4 Å². The molecule has 1 fully saturated rings. The van der Waals surface area contributed by atoms with Gasteiger partial charge in [-0.3, -0.25) is 9.59 Å². The molecule has 0 bridgehead atoms. The molecule has 2 amide bonds. The van der Waals surface area contributed by atoms with Gasteiger partial charge < -0.3 is 16.0 Å². The number of hydrogen-bond donors (Lipinski definition) is 2. The molecular weight excluding hydrogens is 398 g/mol. The maximum absolute atomic E-state index is 13.0. The quantitative estimate of drug-likeness (QED) is 0.760. The summed E-state index contributed by atoms with van der Waals surface area (Å²) in [7, 11) is 0. The van der Waals surface area contributed by atoms with Crippen molar-refractivity contribution in [2.24, 2.45) is 17.1 Å². The Hall–Kier alpha value is -2.37. The van der Waals surface area contributed by atoms with Crippen molar-refractivity contribution >= 4 is 24.2 Å². The van der Waals surface area contributed by atoms with Crippen LogP contribution in [0.5, 0.6) is 0 Å². The molecular formula is C24H32ClN3O2. The lowest BCUT2D eigenvalue weighted by atomic mass is 9.89. The summed E-state index contributed by atoms with van der Waals surface area (Å²) in [6.07, 6.45) is 0. The van der Waals surface area contributed by atoms with Gasteiger partial charge in [-0.15, -0.1) is 12.4 Å². The second-order valence-electron chi connectivity index (χ2n) is 9.04. The summed E-state index contributed by atoms with van der Waals surface area (Å²) in [5.74, 6) is 0.382. The molecule has 0 unspecified atom stereocenters. The van der Waals surface area contributed by atoms with Crippen molar-refractivity contribution in [2.45, 2.75) is 26.7 Å². The third kappa shape index (κ3) is 5.83. The van der Waals surface area contributed by atoms with E-state index in [0.717, 1.165) is 0 Å². The van der Waals surface area contributed by atoms with Crippen LogP contribution in [0.2, 0.25) is 0 Å². The van der Waals surface area contributed by atoms with Crippen LogP contribution >= 0.6 is 12.4 Å². The predicted molar refractivity (Wildman–Crippen MR) is 123 cm³/mol. The van der Waals surface area contributed by atoms with E-state index in [1.807, 2.05) is 23.1 Å². The fourth-order valence-electron chi connectivity index (χ4n) is 3.75. The highest BCUT2D eigenvalue weighted by Gasteiger charge is 2.35. The SMILES string of the molecule is CC(C)(C)CNC(=O)c1ccc(C(=O)N2C[C@@H](CN)[C@H](c3ccccc3)C2)cc1.Cl. The lowest BCUT2D eigenvalue weighted by Crippen LogP contribution is -2.32. The van der Waals surface area contributed by atoms with Gasteiger partial charge in [0.25, 0.3) is 11.8 Å². The second kappa shape index (κ2) is 10.1. The molecule has 3 N–H and O–H groups in total. The summed E-state index contributed by atoms with van der Waals surface area (Å²) >= 11 is 0. The predicted octanol–water partition coefficient (Wildman–Crippen LogP) is 3.70. The minimum Gasteiger partial charge on any atom is -0.352 e. The van der Waals surface area contributed by atoms with Gasteiger partial charge in [-0.1, -0.05) is 51.1 Å². The lowest BCUT2D eigenvalue weighted by molar-refractivity contribution is 0.0785. The first-order valence-electron chi connectivity index (χ1n) is 10.2. The highest BCUT2D eigenvalue weighted by molar-refractivity contribution is 5.98. The molecule has 2 atom stereocenters. The molecule has 3 rings (SSSR count). The summed E-state index contributed by atoms with van der Waals surface area (Å²) in [5, 5.41) is 2.93. The van der Waals surface area contributed by atoms with Crippen LogP contribution in [0.3, 0.4) is 0 Å². The van der Waals surface area contributed by atoms with Gasteiger partial charge in [0.1, 0.15) is 0 Å².